The molecule has 3 aromatic rings. The first-order valence-electron chi connectivity index (χ1n) is 6.55. The zero-order valence-corrected chi connectivity index (χ0v) is 12.6. The summed E-state index contributed by atoms with van der Waals surface area (Å²) in [5, 5.41) is 13.9. The number of thioether (sulfide) groups is 1. The van der Waals surface area contributed by atoms with Gasteiger partial charge in [-0.05, 0) is 53.1 Å². The first kappa shape index (κ1) is 14.3. The minimum absolute atomic E-state index is 0.173. The molecule has 0 aliphatic rings. The molecule has 0 unspecified atom stereocenters. The minimum Gasteiger partial charge on any atom is -0.322 e. The topological polar surface area (TPSA) is 72.7 Å². The van der Waals surface area contributed by atoms with Gasteiger partial charge in [-0.15, -0.1) is 16.9 Å². The number of aromatic nitrogens is 4. The second-order valence-corrected chi connectivity index (χ2v) is 5.37. The molecule has 0 radical (unpaired) electrons. The Balaban J connectivity index is 1.81. The van der Waals surface area contributed by atoms with Crippen molar-refractivity contribution < 1.29 is 4.79 Å². The van der Waals surface area contributed by atoms with Crippen molar-refractivity contribution in [1.82, 2.24) is 20.2 Å². The Bertz CT molecular complexity index is 788. The summed E-state index contributed by atoms with van der Waals surface area (Å²) in [6.07, 6.45) is 3.48. The smallest absolute Gasteiger partial charge is 0.255 e. The van der Waals surface area contributed by atoms with Crippen LogP contribution in [0, 0.1) is 0 Å². The Hall–Kier alpha value is -2.67. The standard InChI is InChI=1S/C15H13N5OS/c1-22-14-7-3-5-12(9-14)17-15(21)11-4-2-6-13(8-11)20-10-16-18-19-20/h2-10H,1H3,(H,17,21). The average Bonchev–Trinajstić information content (AvgIpc) is 3.09. The van der Waals surface area contributed by atoms with Gasteiger partial charge < -0.3 is 5.32 Å². The van der Waals surface area contributed by atoms with Crippen LogP contribution in [0.3, 0.4) is 0 Å². The van der Waals surface area contributed by atoms with Gasteiger partial charge in [0, 0.05) is 16.1 Å². The van der Waals surface area contributed by atoms with Crippen molar-refractivity contribution in [2.24, 2.45) is 0 Å². The molecule has 0 bridgehead atoms. The van der Waals surface area contributed by atoms with Crippen LogP contribution in [-0.4, -0.2) is 32.4 Å². The number of amides is 1. The van der Waals surface area contributed by atoms with Crippen LogP contribution < -0.4 is 5.32 Å². The van der Waals surface area contributed by atoms with E-state index in [1.807, 2.05) is 36.6 Å². The van der Waals surface area contributed by atoms with Gasteiger partial charge in [0.25, 0.3) is 5.91 Å². The van der Waals surface area contributed by atoms with Crippen molar-refractivity contribution in [1.29, 1.82) is 0 Å². The van der Waals surface area contributed by atoms with Crippen molar-refractivity contribution in [2.45, 2.75) is 4.90 Å². The average molecular weight is 311 g/mol. The summed E-state index contributed by atoms with van der Waals surface area (Å²) < 4.78 is 1.51. The molecule has 0 atom stereocenters. The largest absolute Gasteiger partial charge is 0.322 e. The van der Waals surface area contributed by atoms with E-state index < -0.39 is 0 Å². The SMILES string of the molecule is CSc1cccc(NC(=O)c2cccc(-n3cnnn3)c2)c1. The number of nitrogens with one attached hydrogen (secondary N) is 1. The van der Waals surface area contributed by atoms with Gasteiger partial charge in [-0.25, -0.2) is 4.68 Å². The molecule has 110 valence electrons. The molecule has 3 rings (SSSR count). The van der Waals surface area contributed by atoms with E-state index >= 15 is 0 Å². The maximum absolute atomic E-state index is 12.4. The Morgan fingerprint density at radius 3 is 2.82 bits per heavy atom. The molecule has 0 saturated heterocycles. The van der Waals surface area contributed by atoms with E-state index in [9.17, 15) is 4.79 Å². The van der Waals surface area contributed by atoms with Crippen LogP contribution in [0.1, 0.15) is 10.4 Å². The second kappa shape index (κ2) is 6.40. The number of hydrogen-bond acceptors (Lipinski definition) is 5. The molecular formula is C15H13N5OS. The number of tetrazole rings is 1. The molecular weight excluding hydrogens is 298 g/mol. The van der Waals surface area contributed by atoms with Crippen LogP contribution in [0.25, 0.3) is 5.69 Å². The fraction of sp³-hybridized carbons (Fsp3) is 0.0667. The summed E-state index contributed by atoms with van der Waals surface area (Å²) in [7, 11) is 0. The number of nitrogens with zero attached hydrogens (tertiary/aromatic N) is 4. The van der Waals surface area contributed by atoms with E-state index in [-0.39, 0.29) is 5.91 Å². The molecule has 0 saturated carbocycles. The monoisotopic (exact) mass is 311 g/mol. The highest BCUT2D eigenvalue weighted by Gasteiger charge is 2.08. The molecule has 22 heavy (non-hydrogen) atoms. The lowest BCUT2D eigenvalue weighted by Gasteiger charge is -2.07. The highest BCUT2D eigenvalue weighted by Crippen LogP contribution is 2.19. The molecule has 1 heterocycles. The second-order valence-electron chi connectivity index (χ2n) is 4.49. The zero-order chi connectivity index (χ0) is 15.4. The van der Waals surface area contributed by atoms with Crippen LogP contribution in [0.2, 0.25) is 0 Å². The van der Waals surface area contributed by atoms with Crippen molar-refractivity contribution >= 4 is 23.4 Å². The molecule has 1 aromatic heterocycles. The van der Waals surface area contributed by atoms with Crippen LogP contribution in [0.5, 0.6) is 0 Å². The highest BCUT2D eigenvalue weighted by atomic mass is 32.2. The van der Waals surface area contributed by atoms with Gasteiger partial charge in [-0.2, -0.15) is 0 Å². The molecule has 7 heteroatoms. The number of carbonyl (C=O) groups excluding carboxylic acids is 1. The zero-order valence-electron chi connectivity index (χ0n) is 11.8. The lowest BCUT2D eigenvalue weighted by molar-refractivity contribution is 0.102. The lowest BCUT2D eigenvalue weighted by Crippen LogP contribution is -2.12. The number of anilines is 1. The van der Waals surface area contributed by atoms with Gasteiger partial charge >= 0.3 is 0 Å². The van der Waals surface area contributed by atoms with Gasteiger partial charge in [0.1, 0.15) is 6.33 Å². The van der Waals surface area contributed by atoms with Crippen molar-refractivity contribution in [2.75, 3.05) is 11.6 Å². The molecule has 6 nitrogen and oxygen atoms in total. The first-order chi connectivity index (χ1) is 10.8. The molecule has 0 aliphatic heterocycles. The highest BCUT2D eigenvalue weighted by molar-refractivity contribution is 7.98. The molecule has 1 N–H and O–H groups in total. The number of carbonyl (C=O) groups is 1. The van der Waals surface area contributed by atoms with Crippen LogP contribution >= 0.6 is 11.8 Å². The van der Waals surface area contributed by atoms with Gasteiger partial charge in [0.05, 0.1) is 5.69 Å². The van der Waals surface area contributed by atoms with Crippen molar-refractivity contribution in [3.8, 4) is 5.69 Å². The van der Waals surface area contributed by atoms with Gasteiger partial charge in [-0.3, -0.25) is 4.79 Å². The summed E-state index contributed by atoms with van der Waals surface area (Å²) in [5.74, 6) is -0.173. The molecule has 0 spiro atoms. The lowest BCUT2D eigenvalue weighted by atomic mass is 10.2. The van der Waals surface area contributed by atoms with E-state index in [0.717, 1.165) is 16.3 Å². The predicted octanol–water partition coefficient (Wildman–Crippen LogP) is 2.64. The van der Waals surface area contributed by atoms with Crippen LogP contribution in [0.4, 0.5) is 5.69 Å². The van der Waals surface area contributed by atoms with E-state index in [2.05, 4.69) is 20.8 Å². The van der Waals surface area contributed by atoms with Gasteiger partial charge in [-0.1, -0.05) is 12.1 Å². The molecule has 0 fully saturated rings. The maximum Gasteiger partial charge on any atom is 0.255 e. The third-order valence-corrected chi connectivity index (χ3v) is 3.77. The summed E-state index contributed by atoms with van der Waals surface area (Å²) in [4.78, 5) is 13.5. The molecule has 2 aromatic carbocycles. The Morgan fingerprint density at radius 2 is 2.05 bits per heavy atom. The quantitative estimate of drug-likeness (QED) is 0.750. The summed E-state index contributed by atoms with van der Waals surface area (Å²) in [6, 6.07) is 14.8. The molecule has 0 aliphatic carbocycles. The Morgan fingerprint density at radius 1 is 1.18 bits per heavy atom. The summed E-state index contributed by atoms with van der Waals surface area (Å²) >= 11 is 1.63. The van der Waals surface area contributed by atoms with E-state index in [1.165, 1.54) is 11.0 Å². The fourth-order valence-electron chi connectivity index (χ4n) is 1.97. The van der Waals surface area contributed by atoms with Gasteiger partial charge in [0.15, 0.2) is 0 Å². The van der Waals surface area contributed by atoms with E-state index in [1.54, 1.807) is 30.0 Å². The third kappa shape index (κ3) is 3.15. The predicted molar refractivity (Wildman–Crippen MR) is 85.3 cm³/mol. The Kier molecular flexibility index (Phi) is 4.15. The van der Waals surface area contributed by atoms with Crippen molar-refractivity contribution in [3.63, 3.8) is 0 Å². The maximum atomic E-state index is 12.4. The third-order valence-electron chi connectivity index (χ3n) is 3.05. The number of hydrogen-bond donors (Lipinski definition) is 1. The van der Waals surface area contributed by atoms with Gasteiger partial charge in [0.2, 0.25) is 0 Å². The number of rotatable bonds is 4. The normalized spacial score (nSPS) is 10.4. The van der Waals surface area contributed by atoms with Crippen LogP contribution in [0.15, 0.2) is 59.8 Å². The van der Waals surface area contributed by atoms with Crippen molar-refractivity contribution in [3.05, 3.63) is 60.4 Å². The first-order valence-corrected chi connectivity index (χ1v) is 7.77. The summed E-state index contributed by atoms with van der Waals surface area (Å²) in [6.45, 7) is 0. The summed E-state index contributed by atoms with van der Waals surface area (Å²) in [5.41, 5.74) is 2.04. The number of benzene rings is 2. The fourth-order valence-corrected chi connectivity index (χ4v) is 2.43. The Labute approximate surface area is 131 Å². The van der Waals surface area contributed by atoms with E-state index in [4.69, 9.17) is 0 Å². The minimum atomic E-state index is -0.173. The molecule has 1 amide bonds. The van der Waals surface area contributed by atoms with E-state index in [0.29, 0.717) is 5.56 Å². The van der Waals surface area contributed by atoms with Crippen LogP contribution in [-0.2, 0) is 0 Å².